The largest absolute Gasteiger partial charge is 0.399 e. The zero-order chi connectivity index (χ0) is 14.8. The molecule has 1 heterocycles. The van der Waals surface area contributed by atoms with E-state index in [0.717, 1.165) is 18.2 Å². The maximum atomic E-state index is 5.78. The Morgan fingerprint density at radius 1 is 1.30 bits per heavy atom. The van der Waals surface area contributed by atoms with Gasteiger partial charge < -0.3 is 15.5 Å². The van der Waals surface area contributed by atoms with Gasteiger partial charge in [-0.15, -0.1) is 0 Å². The maximum Gasteiger partial charge on any atom is 0.0314 e. The Labute approximate surface area is 123 Å². The fourth-order valence-electron chi connectivity index (χ4n) is 3.38. The molecule has 1 saturated heterocycles. The van der Waals surface area contributed by atoms with Crippen LogP contribution < -0.4 is 5.73 Å². The monoisotopic (exact) mass is 275 g/mol. The van der Waals surface area contributed by atoms with Crippen LogP contribution in [0, 0.1) is 5.92 Å². The standard InChI is InChI=1S/C17H29N3/c1-17(2,15-5-7-16(18)8-6-15)13-20(4)12-14-9-10-19(3)11-14/h5-8,14H,9-13,18H2,1-4H3. The molecular weight excluding hydrogens is 246 g/mol. The molecule has 3 heteroatoms. The van der Waals surface area contributed by atoms with E-state index >= 15 is 0 Å². The number of likely N-dealkylation sites (N-methyl/N-ethyl adjacent to an activating group) is 1. The lowest BCUT2D eigenvalue weighted by Gasteiger charge is -2.32. The van der Waals surface area contributed by atoms with Crippen LogP contribution in [0.2, 0.25) is 0 Å². The highest BCUT2D eigenvalue weighted by atomic mass is 15.1. The van der Waals surface area contributed by atoms with Gasteiger partial charge in [-0.1, -0.05) is 26.0 Å². The van der Waals surface area contributed by atoms with Gasteiger partial charge in [0.05, 0.1) is 0 Å². The summed E-state index contributed by atoms with van der Waals surface area (Å²) in [5.41, 5.74) is 8.14. The number of anilines is 1. The van der Waals surface area contributed by atoms with Gasteiger partial charge in [-0.2, -0.15) is 0 Å². The first kappa shape index (κ1) is 15.3. The number of nitrogens with two attached hydrogens (primary N) is 1. The van der Waals surface area contributed by atoms with Gasteiger partial charge in [0.2, 0.25) is 0 Å². The molecule has 0 amide bonds. The van der Waals surface area contributed by atoms with Gasteiger partial charge in [-0.25, -0.2) is 0 Å². The molecule has 0 aromatic heterocycles. The first-order valence-electron chi connectivity index (χ1n) is 7.60. The van der Waals surface area contributed by atoms with E-state index in [0.29, 0.717) is 0 Å². The molecule has 0 bridgehead atoms. The molecule has 0 saturated carbocycles. The molecule has 2 N–H and O–H groups in total. The zero-order valence-electron chi connectivity index (χ0n) is 13.4. The van der Waals surface area contributed by atoms with Gasteiger partial charge >= 0.3 is 0 Å². The second kappa shape index (κ2) is 6.15. The van der Waals surface area contributed by atoms with Crippen molar-refractivity contribution >= 4 is 5.69 Å². The number of hydrogen-bond acceptors (Lipinski definition) is 3. The van der Waals surface area contributed by atoms with Crippen molar-refractivity contribution in [2.75, 3.05) is 46.0 Å². The molecule has 1 unspecified atom stereocenters. The van der Waals surface area contributed by atoms with Crippen molar-refractivity contribution in [1.82, 2.24) is 9.80 Å². The maximum absolute atomic E-state index is 5.78. The molecule has 0 aliphatic carbocycles. The second-order valence-electron chi connectivity index (χ2n) is 7.12. The molecule has 20 heavy (non-hydrogen) atoms. The molecule has 0 spiro atoms. The molecule has 1 aliphatic heterocycles. The predicted octanol–water partition coefficient (Wildman–Crippen LogP) is 2.43. The summed E-state index contributed by atoms with van der Waals surface area (Å²) in [7, 11) is 4.47. The summed E-state index contributed by atoms with van der Waals surface area (Å²) in [4.78, 5) is 4.92. The number of likely N-dealkylation sites (tertiary alicyclic amines) is 1. The molecule has 1 aromatic carbocycles. The van der Waals surface area contributed by atoms with Crippen molar-refractivity contribution in [3.8, 4) is 0 Å². The van der Waals surface area contributed by atoms with E-state index in [1.165, 1.54) is 31.6 Å². The lowest BCUT2D eigenvalue weighted by Crippen LogP contribution is -2.37. The lowest BCUT2D eigenvalue weighted by molar-refractivity contribution is 0.230. The first-order chi connectivity index (χ1) is 9.37. The van der Waals surface area contributed by atoms with E-state index in [9.17, 15) is 0 Å². The number of benzene rings is 1. The van der Waals surface area contributed by atoms with Crippen molar-refractivity contribution in [2.24, 2.45) is 5.92 Å². The lowest BCUT2D eigenvalue weighted by atomic mass is 9.84. The van der Waals surface area contributed by atoms with Crippen molar-refractivity contribution in [3.05, 3.63) is 29.8 Å². The van der Waals surface area contributed by atoms with Crippen LogP contribution in [0.15, 0.2) is 24.3 Å². The molecule has 2 rings (SSSR count). The molecule has 1 fully saturated rings. The second-order valence-corrected chi connectivity index (χ2v) is 7.12. The average Bonchev–Trinajstić information content (AvgIpc) is 2.74. The van der Waals surface area contributed by atoms with Crippen molar-refractivity contribution in [1.29, 1.82) is 0 Å². The topological polar surface area (TPSA) is 32.5 Å². The summed E-state index contributed by atoms with van der Waals surface area (Å²) in [6, 6.07) is 8.32. The van der Waals surface area contributed by atoms with E-state index < -0.39 is 0 Å². The van der Waals surface area contributed by atoms with Crippen LogP contribution >= 0.6 is 0 Å². The minimum atomic E-state index is 0.160. The third kappa shape index (κ3) is 3.97. The highest BCUT2D eigenvalue weighted by Gasteiger charge is 2.25. The smallest absolute Gasteiger partial charge is 0.0314 e. The van der Waals surface area contributed by atoms with Crippen molar-refractivity contribution < 1.29 is 0 Å². The van der Waals surface area contributed by atoms with Crippen molar-refractivity contribution in [2.45, 2.75) is 25.7 Å². The fourth-order valence-corrected chi connectivity index (χ4v) is 3.38. The van der Waals surface area contributed by atoms with Gasteiger partial charge in [-0.3, -0.25) is 0 Å². The third-order valence-corrected chi connectivity index (χ3v) is 4.42. The molecule has 112 valence electrons. The van der Waals surface area contributed by atoms with Crippen LogP contribution in [0.4, 0.5) is 5.69 Å². The van der Waals surface area contributed by atoms with Crippen LogP contribution in [0.25, 0.3) is 0 Å². The van der Waals surface area contributed by atoms with Gasteiger partial charge in [-0.05, 0) is 50.7 Å². The van der Waals surface area contributed by atoms with Crippen LogP contribution in [0.1, 0.15) is 25.8 Å². The normalized spacial score (nSPS) is 20.8. The van der Waals surface area contributed by atoms with E-state index in [2.05, 4.69) is 49.9 Å². The molecule has 1 aliphatic rings. The van der Waals surface area contributed by atoms with Crippen LogP contribution in [0.3, 0.4) is 0 Å². The Morgan fingerprint density at radius 3 is 2.50 bits per heavy atom. The third-order valence-electron chi connectivity index (χ3n) is 4.42. The quantitative estimate of drug-likeness (QED) is 0.838. The summed E-state index contributed by atoms with van der Waals surface area (Å²) in [5, 5.41) is 0. The minimum absolute atomic E-state index is 0.160. The Bertz CT molecular complexity index is 424. The zero-order valence-corrected chi connectivity index (χ0v) is 13.4. The number of rotatable bonds is 5. The van der Waals surface area contributed by atoms with Crippen molar-refractivity contribution in [3.63, 3.8) is 0 Å². The number of nitrogens with zero attached hydrogens (tertiary/aromatic N) is 2. The highest BCUT2D eigenvalue weighted by Crippen LogP contribution is 2.26. The minimum Gasteiger partial charge on any atom is -0.399 e. The summed E-state index contributed by atoms with van der Waals surface area (Å²) in [6.45, 7) is 9.40. The average molecular weight is 275 g/mol. The molecule has 0 radical (unpaired) electrons. The van der Waals surface area contributed by atoms with E-state index in [1.54, 1.807) is 0 Å². The van der Waals surface area contributed by atoms with E-state index in [1.807, 2.05) is 12.1 Å². The van der Waals surface area contributed by atoms with E-state index in [-0.39, 0.29) is 5.41 Å². The summed E-state index contributed by atoms with van der Waals surface area (Å²) >= 11 is 0. The SMILES string of the molecule is CN1CCC(CN(C)CC(C)(C)c2ccc(N)cc2)C1. The van der Waals surface area contributed by atoms with Crippen LogP contribution in [-0.2, 0) is 5.41 Å². The van der Waals surface area contributed by atoms with Crippen LogP contribution in [0.5, 0.6) is 0 Å². The van der Waals surface area contributed by atoms with E-state index in [4.69, 9.17) is 5.73 Å². The Morgan fingerprint density at radius 2 is 1.95 bits per heavy atom. The number of hydrogen-bond donors (Lipinski definition) is 1. The molecule has 1 aromatic rings. The van der Waals surface area contributed by atoms with Gasteiger partial charge in [0.25, 0.3) is 0 Å². The Balaban J connectivity index is 1.91. The predicted molar refractivity (Wildman–Crippen MR) is 87.0 cm³/mol. The Hall–Kier alpha value is -1.06. The molecule has 1 atom stereocenters. The Kier molecular flexibility index (Phi) is 4.71. The molecule has 3 nitrogen and oxygen atoms in total. The molecular formula is C17H29N3. The first-order valence-corrected chi connectivity index (χ1v) is 7.60. The fraction of sp³-hybridized carbons (Fsp3) is 0.647. The highest BCUT2D eigenvalue weighted by molar-refractivity contribution is 5.41. The van der Waals surface area contributed by atoms with Gasteiger partial charge in [0.15, 0.2) is 0 Å². The summed E-state index contributed by atoms with van der Waals surface area (Å²) < 4.78 is 0. The summed E-state index contributed by atoms with van der Waals surface area (Å²) in [5.74, 6) is 0.826. The number of nitrogen functional groups attached to an aromatic ring is 1. The van der Waals surface area contributed by atoms with Gasteiger partial charge in [0, 0.05) is 30.7 Å². The van der Waals surface area contributed by atoms with Crippen LogP contribution in [-0.4, -0.2) is 50.1 Å². The summed E-state index contributed by atoms with van der Waals surface area (Å²) in [6.07, 6.45) is 1.34. The van der Waals surface area contributed by atoms with Gasteiger partial charge in [0.1, 0.15) is 0 Å².